The van der Waals surface area contributed by atoms with Crippen molar-refractivity contribution in [1.29, 1.82) is 0 Å². The molecule has 5 rings (SSSR count). The molecule has 0 bridgehead atoms. The Morgan fingerprint density at radius 2 is 1.69 bits per heavy atom. The van der Waals surface area contributed by atoms with Crippen LogP contribution in [-0.2, 0) is 26.1 Å². The van der Waals surface area contributed by atoms with Crippen molar-refractivity contribution in [3.05, 3.63) is 60.2 Å². The summed E-state index contributed by atoms with van der Waals surface area (Å²) in [7, 11) is 0. The minimum atomic E-state index is -1.61. The van der Waals surface area contributed by atoms with Crippen molar-refractivity contribution < 1.29 is 22.0 Å². The van der Waals surface area contributed by atoms with Gasteiger partial charge in [0.25, 0.3) is 0 Å². The molecule has 0 saturated carbocycles. The molecule has 2 aliphatic heterocycles. The second kappa shape index (κ2) is 11.1. The van der Waals surface area contributed by atoms with E-state index in [0.29, 0.717) is 30.7 Å². The molecule has 1 aromatic carbocycles. The number of hydrogen-bond donors (Lipinski definition) is 0. The number of benzene rings is 1. The normalized spacial score (nSPS) is 21.0. The lowest BCUT2D eigenvalue weighted by Crippen LogP contribution is -2.39. The first-order valence-electron chi connectivity index (χ1n) is 11.6. The highest BCUT2D eigenvalue weighted by atomic mass is 32.2. The van der Waals surface area contributed by atoms with Gasteiger partial charge in [-0.1, -0.05) is 12.1 Å². The molecule has 10 nitrogen and oxygen atoms in total. The Bertz CT molecular complexity index is 1130. The number of aromatic nitrogens is 4. The predicted molar refractivity (Wildman–Crippen MR) is 128 cm³/mol. The molecule has 0 N–H and O–H groups in total. The molecule has 2 saturated heterocycles. The summed E-state index contributed by atoms with van der Waals surface area (Å²) in [5.74, 6) is 2.61. The molecule has 0 unspecified atom stereocenters. The van der Waals surface area contributed by atoms with E-state index in [1.54, 1.807) is 12.4 Å². The van der Waals surface area contributed by atoms with E-state index in [9.17, 15) is 4.21 Å². The minimum absolute atomic E-state index is 0.0564. The minimum Gasteiger partial charge on any atom is -0.474 e. The Labute approximate surface area is 206 Å². The van der Waals surface area contributed by atoms with Crippen LogP contribution in [0.4, 0.5) is 5.95 Å². The molecule has 0 aliphatic carbocycles. The molecule has 35 heavy (non-hydrogen) atoms. The van der Waals surface area contributed by atoms with Crippen molar-refractivity contribution in [1.82, 2.24) is 19.9 Å². The average Bonchev–Trinajstić information content (AvgIpc) is 2.90. The summed E-state index contributed by atoms with van der Waals surface area (Å²) in [4.78, 5) is 19.5. The Kier molecular flexibility index (Phi) is 7.45. The fourth-order valence-corrected chi connectivity index (χ4v) is 4.74. The molecular formula is C24H27N5O5S. The average molecular weight is 498 g/mol. The van der Waals surface area contributed by atoms with E-state index in [1.807, 2.05) is 37.3 Å². The first-order chi connectivity index (χ1) is 17.1. The predicted octanol–water partition coefficient (Wildman–Crippen LogP) is 3.20. The molecule has 0 radical (unpaired) electrons. The fraction of sp³-hybridized carbons (Fsp3) is 0.417. The first-order valence-corrected chi connectivity index (χ1v) is 12.6. The summed E-state index contributed by atoms with van der Waals surface area (Å²) >= 11 is -1.61. The largest absolute Gasteiger partial charge is 0.474 e. The van der Waals surface area contributed by atoms with Crippen LogP contribution < -0.4 is 14.4 Å². The lowest BCUT2D eigenvalue weighted by atomic mass is 10.0. The van der Waals surface area contributed by atoms with Crippen LogP contribution in [0.3, 0.4) is 0 Å². The third kappa shape index (κ3) is 6.11. The Morgan fingerprint density at radius 1 is 1.00 bits per heavy atom. The van der Waals surface area contributed by atoms with Gasteiger partial charge in [0.15, 0.2) is 0 Å². The number of ether oxygens (including phenoxy) is 2. The summed E-state index contributed by atoms with van der Waals surface area (Å²) in [6.45, 7) is 4.40. The van der Waals surface area contributed by atoms with Gasteiger partial charge >= 0.3 is 11.4 Å². The van der Waals surface area contributed by atoms with Crippen LogP contribution in [0, 0.1) is 12.8 Å². The molecule has 4 heterocycles. The third-order valence-electron chi connectivity index (χ3n) is 6.01. The molecule has 0 spiro atoms. The van der Waals surface area contributed by atoms with Crippen molar-refractivity contribution in [2.45, 2.75) is 32.3 Å². The van der Waals surface area contributed by atoms with Gasteiger partial charge in [-0.15, -0.1) is 0 Å². The van der Waals surface area contributed by atoms with E-state index in [4.69, 9.17) is 17.8 Å². The number of piperidine rings is 1. The zero-order chi connectivity index (χ0) is 24.0. The van der Waals surface area contributed by atoms with Gasteiger partial charge in [-0.3, -0.25) is 8.37 Å². The summed E-state index contributed by atoms with van der Waals surface area (Å²) in [5.41, 5.74) is 1.88. The molecule has 3 aromatic rings. The van der Waals surface area contributed by atoms with E-state index < -0.39 is 11.4 Å². The standard InChI is InChI=1S/C24H27N5O5S/c1-17-22(33-20-5-3-18(4-6-20)13-19-14-31-35(30)32-15-19)27-16-28-23(17)34-21-7-11-29(12-8-21)24-25-9-2-10-26-24/h2-6,9-10,16,19,21H,7-8,11-15H2,1H3. The maximum atomic E-state index is 11.1. The number of hydrogen-bond acceptors (Lipinski definition) is 10. The van der Waals surface area contributed by atoms with Gasteiger partial charge in [0.1, 0.15) is 18.2 Å². The number of nitrogens with zero attached hydrogens (tertiary/aromatic N) is 5. The molecule has 2 fully saturated rings. The molecule has 2 aromatic heterocycles. The highest BCUT2D eigenvalue weighted by Crippen LogP contribution is 2.30. The molecule has 0 atom stereocenters. The second-order valence-electron chi connectivity index (χ2n) is 8.55. The lowest BCUT2D eigenvalue weighted by molar-refractivity contribution is 0.124. The summed E-state index contributed by atoms with van der Waals surface area (Å²) < 4.78 is 33.5. The van der Waals surface area contributed by atoms with Crippen LogP contribution in [0.15, 0.2) is 49.1 Å². The summed E-state index contributed by atoms with van der Waals surface area (Å²) in [6.07, 6.45) is 7.52. The van der Waals surface area contributed by atoms with E-state index >= 15 is 0 Å². The van der Waals surface area contributed by atoms with Crippen molar-refractivity contribution in [3.8, 4) is 17.5 Å². The van der Waals surface area contributed by atoms with E-state index in [0.717, 1.165) is 49.4 Å². The van der Waals surface area contributed by atoms with Crippen molar-refractivity contribution >= 4 is 17.3 Å². The van der Waals surface area contributed by atoms with E-state index in [-0.39, 0.29) is 12.0 Å². The van der Waals surface area contributed by atoms with Crippen LogP contribution in [0.25, 0.3) is 0 Å². The van der Waals surface area contributed by atoms with E-state index in [1.165, 1.54) is 6.33 Å². The summed E-state index contributed by atoms with van der Waals surface area (Å²) in [5, 5.41) is 0. The second-order valence-corrected chi connectivity index (χ2v) is 9.43. The maximum absolute atomic E-state index is 11.1. The van der Waals surface area contributed by atoms with Crippen LogP contribution in [0.5, 0.6) is 17.5 Å². The smallest absolute Gasteiger partial charge is 0.304 e. The number of anilines is 1. The molecular weight excluding hydrogens is 470 g/mol. The zero-order valence-corrected chi connectivity index (χ0v) is 20.2. The zero-order valence-electron chi connectivity index (χ0n) is 19.4. The van der Waals surface area contributed by atoms with Gasteiger partial charge in [-0.05, 0) is 37.1 Å². The van der Waals surface area contributed by atoms with Crippen LogP contribution in [0.2, 0.25) is 0 Å². The summed E-state index contributed by atoms with van der Waals surface area (Å²) in [6, 6.07) is 9.62. The van der Waals surface area contributed by atoms with E-state index in [2.05, 4.69) is 24.8 Å². The highest BCUT2D eigenvalue weighted by molar-refractivity contribution is 7.75. The fourth-order valence-electron chi connectivity index (χ4n) is 4.07. The Balaban J connectivity index is 1.16. The van der Waals surface area contributed by atoms with Gasteiger partial charge in [0.05, 0.1) is 18.8 Å². The van der Waals surface area contributed by atoms with Crippen molar-refractivity contribution in [2.75, 3.05) is 31.2 Å². The molecule has 0 amide bonds. The first kappa shape index (κ1) is 23.6. The lowest BCUT2D eigenvalue weighted by Gasteiger charge is -2.32. The molecule has 2 aliphatic rings. The molecule has 11 heteroatoms. The Morgan fingerprint density at radius 3 is 2.40 bits per heavy atom. The number of rotatable bonds is 7. The SMILES string of the molecule is Cc1c(Oc2ccc(CC3COS(=O)OC3)cc2)ncnc1OC1CCN(c2ncccn2)CC1. The third-order valence-corrected chi connectivity index (χ3v) is 6.67. The van der Waals surface area contributed by atoms with Crippen molar-refractivity contribution in [3.63, 3.8) is 0 Å². The van der Waals surface area contributed by atoms with Gasteiger partial charge in [-0.2, -0.15) is 4.21 Å². The van der Waals surface area contributed by atoms with Crippen LogP contribution in [-0.4, -0.2) is 56.6 Å². The molecule has 184 valence electrons. The van der Waals surface area contributed by atoms with Gasteiger partial charge < -0.3 is 14.4 Å². The highest BCUT2D eigenvalue weighted by Gasteiger charge is 2.24. The quantitative estimate of drug-likeness (QED) is 0.483. The van der Waals surface area contributed by atoms with Gasteiger partial charge in [0, 0.05) is 44.2 Å². The van der Waals surface area contributed by atoms with Gasteiger partial charge in [-0.25, -0.2) is 19.9 Å². The van der Waals surface area contributed by atoms with Crippen LogP contribution >= 0.6 is 0 Å². The maximum Gasteiger partial charge on any atom is 0.304 e. The van der Waals surface area contributed by atoms with Crippen LogP contribution in [0.1, 0.15) is 24.0 Å². The Hall–Kier alpha value is -3.15. The van der Waals surface area contributed by atoms with Gasteiger partial charge in [0.2, 0.25) is 17.7 Å². The van der Waals surface area contributed by atoms with Crippen molar-refractivity contribution in [2.24, 2.45) is 5.92 Å². The monoisotopic (exact) mass is 497 g/mol. The topological polar surface area (TPSA) is 109 Å².